The molecule has 0 fully saturated rings. The molecule has 0 unspecified atom stereocenters. The molecule has 0 atom stereocenters. The third-order valence-corrected chi connectivity index (χ3v) is 2.29. The summed E-state index contributed by atoms with van der Waals surface area (Å²) in [7, 11) is 1.94. The first-order chi connectivity index (χ1) is 5.57. The monoisotopic (exact) mass is 162 g/mol. The van der Waals surface area contributed by atoms with E-state index in [1.54, 1.807) is 0 Å². The smallest absolute Gasteiger partial charge is 0.230 e. The van der Waals surface area contributed by atoms with Crippen LogP contribution in [0.25, 0.3) is 4.85 Å². The summed E-state index contributed by atoms with van der Waals surface area (Å²) in [6.45, 7) is 13.3. The minimum Gasteiger partial charge on any atom is -0.364 e. The first kappa shape index (κ1) is 8.86. The van der Waals surface area contributed by atoms with E-state index < -0.39 is 0 Å². The maximum atomic E-state index is 6.94. The summed E-state index contributed by atoms with van der Waals surface area (Å²) < 4.78 is 1.95. The maximum Gasteiger partial charge on any atom is 0.230 e. The van der Waals surface area contributed by atoms with Gasteiger partial charge in [-0.2, -0.15) is 0 Å². The fourth-order valence-corrected chi connectivity index (χ4v) is 1.40. The SMILES string of the molecule is [C-]#[N+]c1cc(C(C)C)c(C)n1C. The van der Waals surface area contributed by atoms with Crippen molar-refractivity contribution < 1.29 is 0 Å². The van der Waals surface area contributed by atoms with Crippen molar-refractivity contribution in [2.75, 3.05) is 0 Å². The Labute approximate surface area is 73.6 Å². The van der Waals surface area contributed by atoms with Crippen molar-refractivity contribution in [1.82, 2.24) is 4.57 Å². The molecule has 0 amide bonds. The summed E-state index contributed by atoms with van der Waals surface area (Å²) in [6.07, 6.45) is 0. The van der Waals surface area contributed by atoms with Gasteiger partial charge in [-0.05, 0) is 24.5 Å². The molecule has 0 spiro atoms. The molecule has 0 aromatic carbocycles. The van der Waals surface area contributed by atoms with E-state index >= 15 is 0 Å². The fourth-order valence-electron chi connectivity index (χ4n) is 1.40. The van der Waals surface area contributed by atoms with Crippen molar-refractivity contribution in [1.29, 1.82) is 0 Å². The molecular formula is C10H14N2. The summed E-state index contributed by atoms with van der Waals surface area (Å²) in [5.41, 5.74) is 2.49. The minimum atomic E-state index is 0.506. The lowest BCUT2D eigenvalue weighted by Crippen LogP contribution is -1.93. The number of aromatic nitrogens is 1. The second-order valence-electron chi connectivity index (χ2n) is 3.37. The quantitative estimate of drug-likeness (QED) is 0.561. The van der Waals surface area contributed by atoms with Crippen LogP contribution in [0.5, 0.6) is 0 Å². The standard InChI is InChI=1S/C10H14N2/c1-7(2)9-6-10(11-4)12(5)8(9)3/h6-7H,1-3,5H3. The molecule has 1 aromatic heterocycles. The van der Waals surface area contributed by atoms with Crippen molar-refractivity contribution in [3.05, 3.63) is 28.7 Å². The Morgan fingerprint density at radius 1 is 1.50 bits per heavy atom. The molecule has 64 valence electrons. The molecule has 0 saturated carbocycles. The largest absolute Gasteiger partial charge is 0.364 e. The lowest BCUT2D eigenvalue weighted by Gasteiger charge is -2.01. The van der Waals surface area contributed by atoms with Crippen LogP contribution in [0.3, 0.4) is 0 Å². The van der Waals surface area contributed by atoms with E-state index in [9.17, 15) is 0 Å². The van der Waals surface area contributed by atoms with Gasteiger partial charge in [0.1, 0.15) is 0 Å². The summed E-state index contributed by atoms with van der Waals surface area (Å²) in [5.74, 6) is 1.24. The van der Waals surface area contributed by atoms with E-state index in [4.69, 9.17) is 6.57 Å². The highest BCUT2D eigenvalue weighted by atomic mass is 15.0. The molecule has 1 heterocycles. The third-order valence-electron chi connectivity index (χ3n) is 2.29. The van der Waals surface area contributed by atoms with Gasteiger partial charge in [0, 0.05) is 0 Å². The highest BCUT2D eigenvalue weighted by Crippen LogP contribution is 2.26. The maximum absolute atomic E-state index is 6.94. The van der Waals surface area contributed by atoms with Gasteiger partial charge in [-0.3, -0.25) is 4.57 Å². The number of hydrogen-bond donors (Lipinski definition) is 0. The number of hydrogen-bond acceptors (Lipinski definition) is 0. The normalized spacial score (nSPS) is 10.3. The van der Waals surface area contributed by atoms with Gasteiger partial charge in [0.25, 0.3) is 0 Å². The topological polar surface area (TPSA) is 9.29 Å². The molecular weight excluding hydrogens is 148 g/mol. The zero-order valence-electron chi connectivity index (χ0n) is 8.05. The number of rotatable bonds is 1. The van der Waals surface area contributed by atoms with Crippen LogP contribution in [-0.2, 0) is 7.05 Å². The van der Waals surface area contributed by atoms with Crippen molar-refractivity contribution in [2.45, 2.75) is 26.7 Å². The first-order valence-electron chi connectivity index (χ1n) is 4.11. The Morgan fingerprint density at radius 3 is 2.33 bits per heavy atom. The predicted molar refractivity (Wildman–Crippen MR) is 50.5 cm³/mol. The Hall–Kier alpha value is -1.23. The van der Waals surface area contributed by atoms with Crippen molar-refractivity contribution in [3.8, 4) is 0 Å². The van der Waals surface area contributed by atoms with Gasteiger partial charge in [0.05, 0.1) is 12.7 Å². The first-order valence-corrected chi connectivity index (χ1v) is 4.11. The predicted octanol–water partition coefficient (Wildman–Crippen LogP) is 3.01. The van der Waals surface area contributed by atoms with Gasteiger partial charge < -0.3 is 4.85 Å². The summed E-state index contributed by atoms with van der Waals surface area (Å²) in [5, 5.41) is 0. The van der Waals surface area contributed by atoms with Crippen LogP contribution < -0.4 is 0 Å². The van der Waals surface area contributed by atoms with Gasteiger partial charge in [-0.15, -0.1) is 0 Å². The second kappa shape index (κ2) is 3.02. The van der Waals surface area contributed by atoms with Gasteiger partial charge in [-0.25, -0.2) is 0 Å². The molecule has 0 saturated heterocycles. The van der Waals surface area contributed by atoms with Crippen LogP contribution in [0.15, 0.2) is 6.07 Å². The molecule has 1 aromatic rings. The average Bonchev–Trinajstić information content (AvgIpc) is 2.30. The van der Waals surface area contributed by atoms with Gasteiger partial charge in [0.15, 0.2) is 0 Å². The lowest BCUT2D eigenvalue weighted by atomic mass is 10.0. The third kappa shape index (κ3) is 1.23. The molecule has 2 nitrogen and oxygen atoms in total. The van der Waals surface area contributed by atoms with Gasteiger partial charge >= 0.3 is 0 Å². The highest BCUT2D eigenvalue weighted by molar-refractivity contribution is 5.46. The number of nitrogens with zero attached hydrogens (tertiary/aromatic N) is 2. The lowest BCUT2D eigenvalue weighted by molar-refractivity contribution is 0.822. The van der Waals surface area contributed by atoms with Crippen LogP contribution in [0, 0.1) is 13.5 Å². The van der Waals surface area contributed by atoms with Crippen molar-refractivity contribution in [2.24, 2.45) is 7.05 Å². The summed E-state index contributed by atoms with van der Waals surface area (Å²) in [4.78, 5) is 3.45. The van der Waals surface area contributed by atoms with Crippen LogP contribution in [0.1, 0.15) is 31.0 Å². The molecule has 12 heavy (non-hydrogen) atoms. The molecule has 0 bridgehead atoms. The Morgan fingerprint density at radius 2 is 2.08 bits per heavy atom. The molecule has 0 aliphatic heterocycles. The summed E-state index contributed by atoms with van der Waals surface area (Å²) >= 11 is 0. The molecule has 0 radical (unpaired) electrons. The van der Waals surface area contributed by atoms with Crippen LogP contribution in [0.2, 0.25) is 0 Å². The van der Waals surface area contributed by atoms with Crippen LogP contribution >= 0.6 is 0 Å². The van der Waals surface area contributed by atoms with E-state index in [0.29, 0.717) is 5.92 Å². The van der Waals surface area contributed by atoms with E-state index in [1.807, 2.05) is 17.7 Å². The molecule has 0 aliphatic carbocycles. The zero-order valence-corrected chi connectivity index (χ0v) is 8.05. The highest BCUT2D eigenvalue weighted by Gasteiger charge is 2.12. The van der Waals surface area contributed by atoms with Gasteiger partial charge in [0.2, 0.25) is 5.82 Å². The van der Waals surface area contributed by atoms with E-state index in [1.165, 1.54) is 11.3 Å². The zero-order chi connectivity index (χ0) is 9.30. The fraction of sp³-hybridized carbons (Fsp3) is 0.500. The molecule has 2 heteroatoms. The van der Waals surface area contributed by atoms with E-state index in [2.05, 4.69) is 25.6 Å². The van der Waals surface area contributed by atoms with E-state index in [-0.39, 0.29) is 0 Å². The van der Waals surface area contributed by atoms with Crippen LogP contribution in [-0.4, -0.2) is 4.57 Å². The van der Waals surface area contributed by atoms with Crippen molar-refractivity contribution >= 4 is 5.82 Å². The molecule has 0 N–H and O–H groups in total. The Bertz CT molecular complexity index is 326. The van der Waals surface area contributed by atoms with E-state index in [0.717, 1.165) is 5.82 Å². The van der Waals surface area contributed by atoms with Crippen molar-refractivity contribution in [3.63, 3.8) is 0 Å². The minimum absolute atomic E-state index is 0.506. The average molecular weight is 162 g/mol. The molecule has 1 rings (SSSR count). The Balaban J connectivity index is 3.27. The Kier molecular flexibility index (Phi) is 2.23. The second-order valence-corrected chi connectivity index (χ2v) is 3.37. The molecule has 0 aliphatic rings. The summed E-state index contributed by atoms with van der Waals surface area (Å²) in [6, 6.07) is 1.98. The van der Waals surface area contributed by atoms with Gasteiger partial charge in [-0.1, -0.05) is 20.4 Å². The van der Waals surface area contributed by atoms with Crippen LogP contribution in [0.4, 0.5) is 5.82 Å².